The summed E-state index contributed by atoms with van der Waals surface area (Å²) in [7, 11) is 0. The average Bonchev–Trinajstić information content (AvgIpc) is 1.81. The number of unbranched alkanes of at least 4 members (excludes halogenated alkanes) is 1. The monoisotopic (exact) mass is 113 g/mol. The van der Waals surface area contributed by atoms with Crippen molar-refractivity contribution < 1.29 is 4.74 Å². The number of allylic oxidation sites excluding steroid dienone is 1. The average molecular weight is 113 g/mol. The summed E-state index contributed by atoms with van der Waals surface area (Å²) in [5.41, 5.74) is 0. The largest absolute Gasteiger partial charge is 0.495 e. The Morgan fingerprint density at radius 2 is 2.25 bits per heavy atom. The molecule has 0 unspecified atom stereocenters. The van der Waals surface area contributed by atoms with E-state index in [-0.39, 0.29) is 0 Å². The zero-order chi connectivity index (χ0) is 6.24. The third kappa shape index (κ3) is 5.54. The Hall–Kier alpha value is -0.460. The molecule has 8 heavy (non-hydrogen) atoms. The molecule has 0 rings (SSSR count). The van der Waals surface area contributed by atoms with E-state index in [1.54, 1.807) is 12.9 Å². The predicted octanol–water partition coefficient (Wildman–Crippen LogP) is 2.50. The van der Waals surface area contributed by atoms with Crippen molar-refractivity contribution in [3.63, 3.8) is 0 Å². The standard InChI is InChI=1S/C7H13O/c1-3-5-7-8-6-4-2/h4,6-7H,3,5H2,1-2H3/b6-4-. The maximum Gasteiger partial charge on any atom is 0.134 e. The maximum atomic E-state index is 4.92. The number of hydrogen-bond acceptors (Lipinski definition) is 1. The molecule has 0 fully saturated rings. The van der Waals surface area contributed by atoms with Gasteiger partial charge in [-0.3, -0.25) is 0 Å². The highest BCUT2D eigenvalue weighted by Gasteiger charge is 1.78. The van der Waals surface area contributed by atoms with Crippen molar-refractivity contribution in [2.45, 2.75) is 26.7 Å². The molecule has 0 saturated carbocycles. The van der Waals surface area contributed by atoms with Gasteiger partial charge in [-0.25, -0.2) is 0 Å². The maximum absolute atomic E-state index is 4.92. The lowest BCUT2D eigenvalue weighted by molar-refractivity contribution is 0.319. The van der Waals surface area contributed by atoms with E-state index in [0.29, 0.717) is 0 Å². The smallest absolute Gasteiger partial charge is 0.134 e. The van der Waals surface area contributed by atoms with E-state index in [2.05, 4.69) is 6.92 Å². The summed E-state index contributed by atoms with van der Waals surface area (Å²) < 4.78 is 4.92. The Balaban J connectivity index is 2.72. The first-order valence-corrected chi connectivity index (χ1v) is 3.00. The van der Waals surface area contributed by atoms with Gasteiger partial charge in [-0.05, 0) is 13.3 Å². The van der Waals surface area contributed by atoms with Gasteiger partial charge in [0.1, 0.15) is 6.61 Å². The first-order valence-electron chi connectivity index (χ1n) is 3.00. The highest BCUT2D eigenvalue weighted by atomic mass is 16.5. The van der Waals surface area contributed by atoms with E-state index < -0.39 is 0 Å². The van der Waals surface area contributed by atoms with Crippen molar-refractivity contribution in [2.24, 2.45) is 0 Å². The van der Waals surface area contributed by atoms with Gasteiger partial charge < -0.3 is 4.74 Å². The normalized spacial score (nSPS) is 10.2. The summed E-state index contributed by atoms with van der Waals surface area (Å²) in [6.45, 7) is 5.86. The fraction of sp³-hybridized carbons (Fsp3) is 0.571. The molecule has 0 amide bonds. The van der Waals surface area contributed by atoms with Gasteiger partial charge in [-0.2, -0.15) is 0 Å². The molecular formula is C7H13O. The SMILES string of the molecule is C/C=C\O[CH]CCC. The molecule has 1 heteroatoms. The lowest BCUT2D eigenvalue weighted by atomic mass is 10.4. The zero-order valence-electron chi connectivity index (χ0n) is 5.55. The molecular weight excluding hydrogens is 100 g/mol. The van der Waals surface area contributed by atoms with Gasteiger partial charge in [0.15, 0.2) is 0 Å². The van der Waals surface area contributed by atoms with Crippen molar-refractivity contribution in [2.75, 3.05) is 0 Å². The highest BCUT2D eigenvalue weighted by molar-refractivity contribution is 4.67. The van der Waals surface area contributed by atoms with Gasteiger partial charge in [0.25, 0.3) is 0 Å². The van der Waals surface area contributed by atoms with Crippen LogP contribution < -0.4 is 0 Å². The summed E-state index contributed by atoms with van der Waals surface area (Å²) >= 11 is 0. The van der Waals surface area contributed by atoms with Gasteiger partial charge >= 0.3 is 0 Å². The fourth-order valence-electron chi connectivity index (χ4n) is 0.320. The molecule has 0 heterocycles. The van der Waals surface area contributed by atoms with Crippen LogP contribution in [0.1, 0.15) is 26.7 Å². The number of ether oxygens (including phenoxy) is 1. The summed E-state index contributed by atoms with van der Waals surface area (Å²) in [5, 5.41) is 0. The molecule has 0 saturated heterocycles. The Morgan fingerprint density at radius 3 is 2.75 bits per heavy atom. The van der Waals surface area contributed by atoms with Gasteiger partial charge in [-0.1, -0.05) is 19.4 Å². The zero-order valence-corrected chi connectivity index (χ0v) is 5.55. The topological polar surface area (TPSA) is 9.23 Å². The Kier molecular flexibility index (Phi) is 6.16. The fourth-order valence-corrected chi connectivity index (χ4v) is 0.320. The van der Waals surface area contributed by atoms with Crippen molar-refractivity contribution in [3.05, 3.63) is 18.9 Å². The molecule has 0 aliphatic carbocycles. The molecule has 0 aliphatic rings. The summed E-state index contributed by atoms with van der Waals surface area (Å²) in [5.74, 6) is 0. The van der Waals surface area contributed by atoms with E-state index in [9.17, 15) is 0 Å². The lowest BCUT2D eigenvalue weighted by Gasteiger charge is -1.93. The van der Waals surface area contributed by atoms with Crippen molar-refractivity contribution in [3.8, 4) is 0 Å². The molecule has 0 spiro atoms. The van der Waals surface area contributed by atoms with E-state index in [0.717, 1.165) is 12.8 Å². The van der Waals surface area contributed by atoms with Crippen LogP contribution in [0.4, 0.5) is 0 Å². The van der Waals surface area contributed by atoms with E-state index >= 15 is 0 Å². The molecule has 1 radical (unpaired) electrons. The quantitative estimate of drug-likeness (QED) is 0.402. The Morgan fingerprint density at radius 1 is 1.50 bits per heavy atom. The molecule has 0 aliphatic heterocycles. The third-order valence-corrected chi connectivity index (χ3v) is 0.717. The molecule has 1 nitrogen and oxygen atoms in total. The molecule has 0 N–H and O–H groups in total. The van der Waals surface area contributed by atoms with Crippen LogP contribution in [-0.2, 0) is 4.74 Å². The van der Waals surface area contributed by atoms with E-state index in [1.165, 1.54) is 0 Å². The van der Waals surface area contributed by atoms with Gasteiger partial charge in [0, 0.05) is 0 Å². The van der Waals surface area contributed by atoms with Crippen LogP contribution >= 0.6 is 0 Å². The molecule has 47 valence electrons. The van der Waals surface area contributed by atoms with Crippen LogP contribution in [0.25, 0.3) is 0 Å². The van der Waals surface area contributed by atoms with E-state index in [4.69, 9.17) is 4.74 Å². The predicted molar refractivity (Wildman–Crippen MR) is 35.1 cm³/mol. The minimum Gasteiger partial charge on any atom is -0.495 e. The minimum atomic E-state index is 1.03. The summed E-state index contributed by atoms with van der Waals surface area (Å²) in [4.78, 5) is 0. The van der Waals surface area contributed by atoms with Gasteiger partial charge in [-0.15, -0.1) is 0 Å². The van der Waals surface area contributed by atoms with E-state index in [1.807, 2.05) is 13.0 Å². The number of hydrogen-bond donors (Lipinski definition) is 0. The second kappa shape index (κ2) is 6.54. The van der Waals surface area contributed by atoms with Crippen LogP contribution in [0.5, 0.6) is 0 Å². The van der Waals surface area contributed by atoms with Crippen LogP contribution in [-0.4, -0.2) is 0 Å². The molecule has 0 atom stereocenters. The first kappa shape index (κ1) is 7.54. The Bertz CT molecular complexity index is 57.4. The second-order valence-corrected chi connectivity index (χ2v) is 1.56. The first-order chi connectivity index (χ1) is 3.91. The molecule has 0 aromatic carbocycles. The van der Waals surface area contributed by atoms with Crippen LogP contribution in [0.3, 0.4) is 0 Å². The van der Waals surface area contributed by atoms with Gasteiger partial charge in [0.2, 0.25) is 0 Å². The van der Waals surface area contributed by atoms with Crippen LogP contribution in [0.2, 0.25) is 0 Å². The second-order valence-electron chi connectivity index (χ2n) is 1.56. The van der Waals surface area contributed by atoms with Crippen molar-refractivity contribution in [1.29, 1.82) is 0 Å². The lowest BCUT2D eigenvalue weighted by Crippen LogP contribution is -1.75. The third-order valence-electron chi connectivity index (χ3n) is 0.717. The van der Waals surface area contributed by atoms with Crippen LogP contribution in [0, 0.1) is 6.61 Å². The van der Waals surface area contributed by atoms with Gasteiger partial charge in [0.05, 0.1) is 6.26 Å². The van der Waals surface area contributed by atoms with Crippen LogP contribution in [0.15, 0.2) is 12.3 Å². The summed E-state index contributed by atoms with van der Waals surface area (Å²) in [6.07, 6.45) is 5.73. The highest BCUT2D eigenvalue weighted by Crippen LogP contribution is 1.93. The molecule has 0 aromatic rings. The molecule has 0 bridgehead atoms. The van der Waals surface area contributed by atoms with Crippen molar-refractivity contribution in [1.82, 2.24) is 0 Å². The molecule has 0 aromatic heterocycles. The number of rotatable bonds is 4. The summed E-state index contributed by atoms with van der Waals surface area (Å²) in [6, 6.07) is 0. The minimum absolute atomic E-state index is 1.03. The Labute approximate surface area is 51.4 Å². The van der Waals surface area contributed by atoms with Crippen molar-refractivity contribution >= 4 is 0 Å².